The molecular weight excluding hydrogens is 339 g/mol. The van der Waals surface area contributed by atoms with Crippen LogP contribution in [0.25, 0.3) is 0 Å². The van der Waals surface area contributed by atoms with E-state index in [9.17, 15) is 14.2 Å². The molecule has 1 aromatic heterocycles. The van der Waals surface area contributed by atoms with Gasteiger partial charge >= 0.3 is 13.3 Å². The molecule has 10 heteroatoms. The molecule has 0 spiro atoms. The molecule has 0 amide bonds. The molecule has 1 aliphatic rings. The molecule has 1 N–H and O–H groups in total. The van der Waals surface area contributed by atoms with Gasteiger partial charge in [-0.15, -0.1) is 0 Å². The summed E-state index contributed by atoms with van der Waals surface area (Å²) in [5.41, 5.74) is -0.649. The molecule has 0 aromatic carbocycles. The molecule has 0 radical (unpaired) electrons. The minimum Gasteiger partial charge on any atom is -0.336 e. The van der Waals surface area contributed by atoms with E-state index >= 15 is 0 Å². The Balaban J connectivity index is 2.00. The third-order valence-electron chi connectivity index (χ3n) is 3.17. The van der Waals surface area contributed by atoms with E-state index < -0.39 is 31.4 Å². The van der Waals surface area contributed by atoms with Gasteiger partial charge < -0.3 is 18.5 Å². The van der Waals surface area contributed by atoms with Crippen molar-refractivity contribution in [3.05, 3.63) is 44.8 Å². The maximum atomic E-state index is 12.3. The van der Waals surface area contributed by atoms with Crippen molar-refractivity contribution in [2.45, 2.75) is 33.3 Å². The Morgan fingerprint density at radius 3 is 2.54 bits per heavy atom. The highest BCUT2D eigenvalue weighted by Gasteiger charge is 2.28. The first-order valence-corrected chi connectivity index (χ1v) is 9.27. The Hall–Kier alpha value is -1.51. The Bertz CT molecular complexity index is 744. The minimum atomic E-state index is -3.34. The number of nitrogens with zero attached hydrogens (tertiary/aromatic N) is 1. The van der Waals surface area contributed by atoms with Crippen LogP contribution in [0.4, 0.5) is 0 Å². The van der Waals surface area contributed by atoms with Gasteiger partial charge in [-0.3, -0.25) is 18.9 Å². The number of aromatic amines is 1. The second-order valence-electron chi connectivity index (χ2n) is 5.00. The highest BCUT2D eigenvalue weighted by atomic mass is 31.2. The largest absolute Gasteiger partial charge is 0.356 e. The summed E-state index contributed by atoms with van der Waals surface area (Å²) in [5.74, 6) is 0. The van der Waals surface area contributed by atoms with E-state index in [1.54, 1.807) is 32.9 Å². The first kappa shape index (κ1) is 18.8. The summed E-state index contributed by atoms with van der Waals surface area (Å²) in [6, 6.07) is 0. The summed E-state index contributed by atoms with van der Waals surface area (Å²) >= 11 is 0. The van der Waals surface area contributed by atoms with Crippen molar-refractivity contribution in [1.29, 1.82) is 0 Å². The van der Waals surface area contributed by atoms with Crippen LogP contribution >= 0.6 is 7.60 Å². The van der Waals surface area contributed by atoms with E-state index in [-0.39, 0.29) is 19.6 Å². The Kier molecular flexibility index (Phi) is 6.31. The molecule has 2 rings (SSSR count). The molecule has 2 heterocycles. The number of nitrogens with one attached hydrogen (secondary N) is 1. The minimum absolute atomic E-state index is 0.233. The van der Waals surface area contributed by atoms with Crippen LogP contribution in [0.1, 0.15) is 25.6 Å². The van der Waals surface area contributed by atoms with Gasteiger partial charge in [0, 0.05) is 11.8 Å². The number of aromatic nitrogens is 2. The maximum absolute atomic E-state index is 12.3. The molecule has 0 saturated heterocycles. The predicted molar refractivity (Wildman–Crippen MR) is 85.9 cm³/mol. The summed E-state index contributed by atoms with van der Waals surface area (Å²) in [6.07, 6.45) is 2.80. The number of H-pyrrole nitrogens is 1. The third-order valence-corrected chi connectivity index (χ3v) is 4.94. The molecule has 0 saturated carbocycles. The second-order valence-corrected chi connectivity index (χ2v) is 7.00. The normalized spacial score (nSPS) is 20.6. The van der Waals surface area contributed by atoms with Crippen LogP contribution in [0, 0.1) is 6.92 Å². The molecule has 0 fully saturated rings. The molecule has 0 aliphatic carbocycles. The van der Waals surface area contributed by atoms with Crippen LogP contribution in [0.3, 0.4) is 0 Å². The van der Waals surface area contributed by atoms with E-state index in [1.165, 1.54) is 10.8 Å². The van der Waals surface area contributed by atoms with Crippen molar-refractivity contribution in [2.24, 2.45) is 0 Å². The number of hydrogen-bond donors (Lipinski definition) is 1. The van der Waals surface area contributed by atoms with Crippen molar-refractivity contribution < 1.29 is 23.1 Å². The average Bonchev–Trinajstić information content (AvgIpc) is 2.98. The van der Waals surface area contributed by atoms with E-state index in [0.717, 1.165) is 0 Å². The van der Waals surface area contributed by atoms with Crippen LogP contribution < -0.4 is 11.2 Å². The Morgan fingerprint density at radius 1 is 1.25 bits per heavy atom. The van der Waals surface area contributed by atoms with E-state index in [4.69, 9.17) is 18.5 Å². The molecular formula is C14H21N2O7P. The quantitative estimate of drug-likeness (QED) is 0.553. The average molecular weight is 360 g/mol. The monoisotopic (exact) mass is 360 g/mol. The van der Waals surface area contributed by atoms with Gasteiger partial charge in [0.15, 0.2) is 18.9 Å². The summed E-state index contributed by atoms with van der Waals surface area (Å²) in [6.45, 7) is 5.46. The van der Waals surface area contributed by atoms with Gasteiger partial charge in [-0.05, 0) is 32.9 Å². The van der Waals surface area contributed by atoms with Crippen molar-refractivity contribution in [2.75, 3.05) is 19.6 Å². The van der Waals surface area contributed by atoms with Gasteiger partial charge in [-0.25, -0.2) is 4.79 Å². The Labute approximate surface area is 138 Å². The lowest BCUT2D eigenvalue weighted by atomic mass is 10.4. The predicted octanol–water partition coefficient (Wildman–Crippen LogP) is 1.50. The fourth-order valence-electron chi connectivity index (χ4n) is 2.11. The summed E-state index contributed by atoms with van der Waals surface area (Å²) in [7, 11) is -3.34. The highest BCUT2D eigenvalue weighted by Crippen LogP contribution is 2.48. The first-order valence-electron chi connectivity index (χ1n) is 7.54. The number of hydrogen-bond acceptors (Lipinski definition) is 7. The number of rotatable bonds is 8. The molecule has 2 atom stereocenters. The summed E-state index contributed by atoms with van der Waals surface area (Å²) in [5, 5.41) is 0. The molecule has 134 valence electrons. The van der Waals surface area contributed by atoms with E-state index in [0.29, 0.717) is 5.56 Å². The van der Waals surface area contributed by atoms with Gasteiger partial charge in [0.2, 0.25) is 0 Å². The van der Waals surface area contributed by atoms with E-state index in [2.05, 4.69) is 4.98 Å². The van der Waals surface area contributed by atoms with Crippen molar-refractivity contribution in [1.82, 2.24) is 9.55 Å². The van der Waals surface area contributed by atoms with Crippen LogP contribution in [0.2, 0.25) is 0 Å². The second kappa shape index (κ2) is 8.04. The van der Waals surface area contributed by atoms with Crippen LogP contribution in [-0.2, 0) is 23.1 Å². The van der Waals surface area contributed by atoms with Gasteiger partial charge in [-0.2, -0.15) is 0 Å². The van der Waals surface area contributed by atoms with Gasteiger partial charge in [0.05, 0.1) is 13.2 Å². The van der Waals surface area contributed by atoms with Crippen LogP contribution in [0.5, 0.6) is 0 Å². The smallest absolute Gasteiger partial charge is 0.336 e. The molecule has 1 aromatic rings. The van der Waals surface area contributed by atoms with Crippen molar-refractivity contribution >= 4 is 7.60 Å². The van der Waals surface area contributed by atoms with Crippen molar-refractivity contribution in [3.8, 4) is 0 Å². The molecule has 0 unspecified atom stereocenters. The maximum Gasteiger partial charge on any atom is 0.356 e. The van der Waals surface area contributed by atoms with Gasteiger partial charge in [-0.1, -0.05) is 0 Å². The lowest BCUT2D eigenvalue weighted by molar-refractivity contribution is -0.128. The summed E-state index contributed by atoms with van der Waals surface area (Å²) in [4.78, 5) is 25.4. The molecule has 0 bridgehead atoms. The van der Waals surface area contributed by atoms with Gasteiger partial charge in [0.25, 0.3) is 5.56 Å². The van der Waals surface area contributed by atoms with Crippen LogP contribution in [0.15, 0.2) is 27.9 Å². The fraction of sp³-hybridized carbons (Fsp3) is 0.571. The zero-order valence-corrected chi connectivity index (χ0v) is 14.7. The third kappa shape index (κ3) is 4.52. The lowest BCUT2D eigenvalue weighted by Crippen LogP contribution is -2.33. The SMILES string of the molecule is CCOP(=O)(CO[C@H]1C=C[C@@H](n2cc(C)c(=O)[nH]c2=O)O1)OCC. The van der Waals surface area contributed by atoms with Crippen molar-refractivity contribution in [3.63, 3.8) is 0 Å². The number of aryl methyl sites for hydroxylation is 1. The zero-order chi connectivity index (χ0) is 17.7. The first-order chi connectivity index (χ1) is 11.4. The molecule has 1 aliphatic heterocycles. The topological polar surface area (TPSA) is 109 Å². The van der Waals surface area contributed by atoms with E-state index in [1.807, 2.05) is 0 Å². The standard InChI is InChI=1S/C14H21N2O7P/c1-4-21-24(19,22-5-2)9-20-12-7-6-11(23-12)16-8-10(3)13(17)15-14(16)18/h6-8,11-12H,4-5,9H2,1-3H3,(H,15,17,18)/t11-,12+/m0/s1. The highest BCUT2D eigenvalue weighted by molar-refractivity contribution is 7.53. The molecule has 24 heavy (non-hydrogen) atoms. The van der Waals surface area contributed by atoms with Crippen LogP contribution in [-0.4, -0.2) is 35.4 Å². The summed E-state index contributed by atoms with van der Waals surface area (Å²) < 4.78 is 34.8. The Morgan fingerprint density at radius 2 is 1.92 bits per heavy atom. The lowest BCUT2D eigenvalue weighted by Gasteiger charge is -2.20. The number of ether oxygens (including phenoxy) is 2. The zero-order valence-electron chi connectivity index (χ0n) is 13.8. The van der Waals surface area contributed by atoms with Gasteiger partial charge in [0.1, 0.15) is 0 Å². The fourth-order valence-corrected chi connectivity index (χ4v) is 3.45. The molecule has 9 nitrogen and oxygen atoms in total.